The maximum Gasteiger partial charge on any atom is 0.350 e. The Kier molecular flexibility index (Phi) is 5.41. The van der Waals surface area contributed by atoms with Crippen LogP contribution in [-0.2, 0) is 12.4 Å². The lowest BCUT2D eigenvalue weighted by Crippen LogP contribution is -2.07. The second-order valence-corrected chi connectivity index (χ2v) is 7.05. The Balaban J connectivity index is 1.94. The summed E-state index contributed by atoms with van der Waals surface area (Å²) in [6.45, 7) is 3.82. The van der Waals surface area contributed by atoms with Gasteiger partial charge in [-0.05, 0) is 37.6 Å². The van der Waals surface area contributed by atoms with Crippen LogP contribution in [0.2, 0.25) is 0 Å². The minimum absolute atomic E-state index is 0.194. The van der Waals surface area contributed by atoms with Crippen molar-refractivity contribution in [3.8, 4) is 11.3 Å². The summed E-state index contributed by atoms with van der Waals surface area (Å²) >= 11 is 1.40. The van der Waals surface area contributed by atoms with Gasteiger partial charge in [0.15, 0.2) is 0 Å². The lowest BCUT2D eigenvalue weighted by molar-refractivity contribution is 0.276. The minimum Gasteiger partial charge on any atom is -0.422 e. The molecule has 25 heavy (non-hydrogen) atoms. The third-order valence-electron chi connectivity index (χ3n) is 3.89. The SMILES string of the molecule is Cc1cc(C)cc(-c2cc(CO)c(SCc3ccccc3)c(=O)o2)c1. The van der Waals surface area contributed by atoms with E-state index in [0.29, 0.717) is 22.0 Å². The fourth-order valence-electron chi connectivity index (χ4n) is 2.79. The van der Waals surface area contributed by atoms with Crippen molar-refractivity contribution in [1.82, 2.24) is 0 Å². The Morgan fingerprint density at radius 3 is 2.32 bits per heavy atom. The van der Waals surface area contributed by atoms with E-state index in [2.05, 4.69) is 6.07 Å². The molecule has 0 aliphatic carbocycles. The van der Waals surface area contributed by atoms with Gasteiger partial charge >= 0.3 is 5.63 Å². The monoisotopic (exact) mass is 352 g/mol. The summed E-state index contributed by atoms with van der Waals surface area (Å²) in [5.74, 6) is 1.14. The maximum absolute atomic E-state index is 12.5. The van der Waals surface area contributed by atoms with Gasteiger partial charge in [0.2, 0.25) is 0 Å². The largest absolute Gasteiger partial charge is 0.422 e. The summed E-state index contributed by atoms with van der Waals surface area (Å²) in [7, 11) is 0. The molecule has 0 radical (unpaired) electrons. The molecule has 0 unspecified atom stereocenters. The summed E-state index contributed by atoms with van der Waals surface area (Å²) in [4.78, 5) is 13.0. The summed E-state index contributed by atoms with van der Waals surface area (Å²) in [5.41, 5.74) is 4.38. The van der Waals surface area contributed by atoms with Gasteiger partial charge in [-0.2, -0.15) is 0 Å². The van der Waals surface area contributed by atoms with E-state index in [1.54, 1.807) is 6.07 Å². The normalized spacial score (nSPS) is 10.8. The van der Waals surface area contributed by atoms with Crippen LogP contribution in [0.25, 0.3) is 11.3 Å². The number of benzene rings is 2. The predicted molar refractivity (Wildman–Crippen MR) is 102 cm³/mol. The molecule has 4 heteroatoms. The van der Waals surface area contributed by atoms with E-state index in [0.717, 1.165) is 22.3 Å². The van der Waals surface area contributed by atoms with Crippen molar-refractivity contribution in [3.63, 3.8) is 0 Å². The highest BCUT2D eigenvalue weighted by atomic mass is 32.2. The standard InChI is InChI=1S/C21H20O3S/c1-14-8-15(2)10-17(9-14)19-11-18(12-22)20(21(23)24-19)25-13-16-6-4-3-5-7-16/h3-11,22H,12-13H2,1-2H3. The third kappa shape index (κ3) is 4.21. The van der Waals surface area contributed by atoms with Crippen molar-refractivity contribution in [2.75, 3.05) is 0 Å². The zero-order valence-electron chi connectivity index (χ0n) is 14.3. The van der Waals surface area contributed by atoms with Gasteiger partial charge in [0.25, 0.3) is 0 Å². The summed E-state index contributed by atoms with van der Waals surface area (Å²) < 4.78 is 5.55. The molecule has 0 aliphatic rings. The molecule has 0 saturated heterocycles. The van der Waals surface area contributed by atoms with Crippen molar-refractivity contribution in [3.05, 3.63) is 87.3 Å². The van der Waals surface area contributed by atoms with Gasteiger partial charge in [-0.25, -0.2) is 4.79 Å². The van der Waals surface area contributed by atoms with Gasteiger partial charge in [0.05, 0.1) is 11.5 Å². The second-order valence-electron chi connectivity index (χ2n) is 6.06. The summed E-state index contributed by atoms with van der Waals surface area (Å²) in [6, 6.07) is 17.7. The smallest absolute Gasteiger partial charge is 0.350 e. The van der Waals surface area contributed by atoms with Crippen molar-refractivity contribution in [1.29, 1.82) is 0 Å². The molecular formula is C21H20O3S. The van der Waals surface area contributed by atoms with Crippen LogP contribution in [0.3, 0.4) is 0 Å². The van der Waals surface area contributed by atoms with Crippen LogP contribution in [0.5, 0.6) is 0 Å². The first-order valence-electron chi connectivity index (χ1n) is 8.10. The topological polar surface area (TPSA) is 50.4 Å². The molecule has 0 spiro atoms. The lowest BCUT2D eigenvalue weighted by atomic mass is 10.0. The van der Waals surface area contributed by atoms with E-state index in [4.69, 9.17) is 4.42 Å². The third-order valence-corrected chi connectivity index (χ3v) is 5.08. The molecule has 3 aromatic rings. The molecule has 1 N–H and O–H groups in total. The zero-order valence-corrected chi connectivity index (χ0v) is 15.1. The number of rotatable bonds is 5. The average molecular weight is 352 g/mol. The highest BCUT2D eigenvalue weighted by Crippen LogP contribution is 2.28. The van der Waals surface area contributed by atoms with E-state index < -0.39 is 5.63 Å². The highest BCUT2D eigenvalue weighted by molar-refractivity contribution is 7.98. The molecule has 1 aromatic heterocycles. The van der Waals surface area contributed by atoms with E-state index >= 15 is 0 Å². The number of aliphatic hydroxyl groups is 1. The van der Waals surface area contributed by atoms with E-state index in [1.165, 1.54) is 11.8 Å². The first kappa shape index (κ1) is 17.5. The molecule has 3 rings (SSSR count). The number of hydrogen-bond donors (Lipinski definition) is 1. The van der Waals surface area contributed by atoms with Crippen molar-refractivity contribution in [2.45, 2.75) is 31.1 Å². The van der Waals surface area contributed by atoms with E-state index in [-0.39, 0.29) is 6.61 Å². The molecule has 1 heterocycles. The predicted octanol–water partition coefficient (Wildman–Crippen LogP) is 4.71. The van der Waals surface area contributed by atoms with Crippen LogP contribution in [0.15, 0.2) is 68.7 Å². The Morgan fingerprint density at radius 1 is 1.00 bits per heavy atom. The van der Waals surface area contributed by atoms with Crippen LogP contribution in [0.4, 0.5) is 0 Å². The Hall–Kier alpha value is -2.30. The fraction of sp³-hybridized carbons (Fsp3) is 0.190. The Labute approximate surface area is 151 Å². The molecule has 0 bridgehead atoms. The molecule has 3 nitrogen and oxygen atoms in total. The van der Waals surface area contributed by atoms with Crippen LogP contribution >= 0.6 is 11.8 Å². The average Bonchev–Trinajstić information content (AvgIpc) is 2.60. The van der Waals surface area contributed by atoms with Crippen molar-refractivity contribution >= 4 is 11.8 Å². The van der Waals surface area contributed by atoms with E-state index in [9.17, 15) is 9.90 Å². The van der Waals surface area contributed by atoms with Gasteiger partial charge in [0.1, 0.15) is 5.76 Å². The van der Waals surface area contributed by atoms with Crippen molar-refractivity contribution in [2.24, 2.45) is 0 Å². The first-order chi connectivity index (χ1) is 12.1. The van der Waals surface area contributed by atoms with E-state index in [1.807, 2.05) is 56.3 Å². The molecule has 0 aliphatic heterocycles. The second kappa shape index (κ2) is 7.72. The van der Waals surface area contributed by atoms with Crippen LogP contribution < -0.4 is 5.63 Å². The van der Waals surface area contributed by atoms with Crippen LogP contribution in [0.1, 0.15) is 22.3 Å². The fourth-order valence-corrected chi connectivity index (χ4v) is 3.76. The molecule has 2 aromatic carbocycles. The Morgan fingerprint density at radius 2 is 1.68 bits per heavy atom. The van der Waals surface area contributed by atoms with Gasteiger partial charge in [-0.15, -0.1) is 11.8 Å². The van der Waals surface area contributed by atoms with Crippen molar-refractivity contribution < 1.29 is 9.52 Å². The zero-order chi connectivity index (χ0) is 17.8. The number of aliphatic hydroxyl groups excluding tert-OH is 1. The van der Waals surface area contributed by atoms with Gasteiger partial charge < -0.3 is 9.52 Å². The Bertz CT molecular complexity index is 909. The molecule has 0 amide bonds. The molecular weight excluding hydrogens is 332 g/mol. The van der Waals surface area contributed by atoms with Gasteiger partial charge in [-0.3, -0.25) is 0 Å². The number of aryl methyl sites for hydroxylation is 2. The summed E-state index contributed by atoms with van der Waals surface area (Å²) in [5, 5.41) is 9.73. The van der Waals surface area contributed by atoms with Crippen LogP contribution in [-0.4, -0.2) is 5.11 Å². The van der Waals surface area contributed by atoms with Gasteiger partial charge in [-0.1, -0.05) is 47.5 Å². The number of thioether (sulfide) groups is 1. The van der Waals surface area contributed by atoms with Crippen LogP contribution in [0, 0.1) is 13.8 Å². The number of hydrogen-bond acceptors (Lipinski definition) is 4. The molecule has 0 saturated carbocycles. The molecule has 0 atom stereocenters. The molecule has 128 valence electrons. The lowest BCUT2D eigenvalue weighted by Gasteiger charge is -2.09. The quantitative estimate of drug-likeness (QED) is 0.676. The summed E-state index contributed by atoms with van der Waals surface area (Å²) in [6.07, 6.45) is 0. The highest BCUT2D eigenvalue weighted by Gasteiger charge is 2.14. The van der Waals surface area contributed by atoms with Gasteiger partial charge in [0, 0.05) is 16.9 Å². The first-order valence-corrected chi connectivity index (χ1v) is 9.08. The molecule has 0 fully saturated rings. The minimum atomic E-state index is -0.401. The maximum atomic E-state index is 12.5.